The molecule has 2 saturated heterocycles. The molecule has 2 aliphatic heterocycles. The summed E-state index contributed by atoms with van der Waals surface area (Å²) in [5, 5.41) is 0. The maximum absolute atomic E-state index is 5.85. The first-order chi connectivity index (χ1) is 9.74. The van der Waals surface area contributed by atoms with Crippen molar-refractivity contribution in [1.29, 1.82) is 0 Å². The lowest BCUT2D eigenvalue weighted by atomic mass is 10.1. The molecule has 2 aliphatic rings. The molecule has 1 aromatic rings. The van der Waals surface area contributed by atoms with E-state index in [0.29, 0.717) is 18.8 Å². The number of likely N-dealkylation sites (N-methyl/N-ethyl adjacent to an activating group) is 1. The lowest BCUT2D eigenvalue weighted by Gasteiger charge is -2.33. The minimum Gasteiger partial charge on any atom is -0.491 e. The van der Waals surface area contributed by atoms with E-state index >= 15 is 0 Å². The molecule has 20 heavy (non-hydrogen) atoms. The van der Waals surface area contributed by atoms with Crippen LogP contribution in [-0.2, 0) is 4.74 Å². The molecule has 0 N–H and O–H groups in total. The Morgan fingerprint density at radius 1 is 1.35 bits per heavy atom. The third-order valence-electron chi connectivity index (χ3n) is 4.16. The number of para-hydroxylation sites is 1. The summed E-state index contributed by atoms with van der Waals surface area (Å²) < 4.78 is 12.7. The molecule has 2 heterocycles. The summed E-state index contributed by atoms with van der Waals surface area (Å²) >= 11 is 3.50. The van der Waals surface area contributed by atoms with E-state index in [1.54, 1.807) is 0 Å². The normalized spacial score (nSPS) is 27.5. The number of ether oxygens (including phenoxy) is 2. The molecule has 5 heteroatoms. The highest BCUT2D eigenvalue weighted by Crippen LogP contribution is 2.24. The summed E-state index contributed by atoms with van der Waals surface area (Å²) in [5.74, 6) is 0.914. The van der Waals surface area contributed by atoms with E-state index in [1.807, 2.05) is 24.3 Å². The monoisotopic (exact) mass is 340 g/mol. The van der Waals surface area contributed by atoms with Crippen LogP contribution >= 0.6 is 15.9 Å². The average Bonchev–Trinajstić information content (AvgIpc) is 2.85. The van der Waals surface area contributed by atoms with E-state index < -0.39 is 0 Å². The van der Waals surface area contributed by atoms with E-state index in [-0.39, 0.29) is 0 Å². The third kappa shape index (κ3) is 3.17. The SMILES string of the molecule is CN1CCOC2CN(CCOc3ccccc3Br)CC21. The number of benzene rings is 1. The first-order valence-electron chi connectivity index (χ1n) is 7.15. The van der Waals surface area contributed by atoms with Crippen LogP contribution in [0.2, 0.25) is 0 Å². The number of morpholine rings is 1. The van der Waals surface area contributed by atoms with Gasteiger partial charge in [0, 0.05) is 32.2 Å². The number of nitrogens with zero attached hydrogens (tertiary/aromatic N) is 2. The largest absolute Gasteiger partial charge is 0.491 e. The van der Waals surface area contributed by atoms with Crippen LogP contribution < -0.4 is 4.74 Å². The Morgan fingerprint density at radius 2 is 2.20 bits per heavy atom. The van der Waals surface area contributed by atoms with Crippen molar-refractivity contribution in [2.45, 2.75) is 12.1 Å². The van der Waals surface area contributed by atoms with Crippen molar-refractivity contribution < 1.29 is 9.47 Å². The minimum atomic E-state index is 0.372. The van der Waals surface area contributed by atoms with Crippen molar-refractivity contribution in [2.75, 3.05) is 46.4 Å². The number of rotatable bonds is 4. The molecule has 0 bridgehead atoms. The highest BCUT2D eigenvalue weighted by molar-refractivity contribution is 9.10. The lowest BCUT2D eigenvalue weighted by Crippen LogP contribution is -2.48. The van der Waals surface area contributed by atoms with Crippen LogP contribution in [0.25, 0.3) is 0 Å². The average molecular weight is 341 g/mol. The third-order valence-corrected chi connectivity index (χ3v) is 4.81. The lowest BCUT2D eigenvalue weighted by molar-refractivity contribution is -0.0370. The van der Waals surface area contributed by atoms with Crippen molar-refractivity contribution in [3.8, 4) is 5.75 Å². The Morgan fingerprint density at radius 3 is 3.00 bits per heavy atom. The highest BCUT2D eigenvalue weighted by atomic mass is 79.9. The van der Waals surface area contributed by atoms with Crippen molar-refractivity contribution in [3.05, 3.63) is 28.7 Å². The van der Waals surface area contributed by atoms with Gasteiger partial charge in [0.15, 0.2) is 0 Å². The fourth-order valence-electron chi connectivity index (χ4n) is 2.96. The standard InChI is InChI=1S/C15H21BrN2O2/c1-17-6-8-20-15-11-18(10-13(15)17)7-9-19-14-5-3-2-4-12(14)16/h2-5,13,15H,6-11H2,1H3. The Kier molecular flexibility index (Phi) is 4.61. The van der Waals surface area contributed by atoms with Gasteiger partial charge in [-0.05, 0) is 35.1 Å². The van der Waals surface area contributed by atoms with Crippen molar-refractivity contribution in [3.63, 3.8) is 0 Å². The molecule has 0 aliphatic carbocycles. The van der Waals surface area contributed by atoms with Gasteiger partial charge in [-0.25, -0.2) is 0 Å². The number of hydrogen-bond acceptors (Lipinski definition) is 4. The molecule has 2 unspecified atom stereocenters. The van der Waals surface area contributed by atoms with Crippen LogP contribution in [0, 0.1) is 0 Å². The van der Waals surface area contributed by atoms with E-state index in [9.17, 15) is 0 Å². The number of likely N-dealkylation sites (tertiary alicyclic amines) is 1. The van der Waals surface area contributed by atoms with E-state index in [2.05, 4.69) is 32.8 Å². The van der Waals surface area contributed by atoms with Gasteiger partial charge in [0.05, 0.1) is 17.2 Å². The van der Waals surface area contributed by atoms with Crippen LogP contribution in [0.1, 0.15) is 0 Å². The summed E-state index contributed by atoms with van der Waals surface area (Å²) in [7, 11) is 2.20. The Hall–Kier alpha value is -0.620. The maximum atomic E-state index is 5.85. The molecule has 2 atom stereocenters. The fourth-order valence-corrected chi connectivity index (χ4v) is 3.36. The molecule has 110 valence electrons. The second kappa shape index (κ2) is 6.43. The molecule has 0 spiro atoms. The smallest absolute Gasteiger partial charge is 0.133 e. The van der Waals surface area contributed by atoms with Gasteiger partial charge in [-0.15, -0.1) is 0 Å². The molecule has 0 aromatic heterocycles. The number of halogens is 1. The summed E-state index contributed by atoms with van der Waals surface area (Å²) in [6.45, 7) is 5.67. The zero-order valence-corrected chi connectivity index (χ0v) is 13.4. The fraction of sp³-hybridized carbons (Fsp3) is 0.600. The molecule has 0 amide bonds. The van der Waals surface area contributed by atoms with Gasteiger partial charge in [0.1, 0.15) is 12.4 Å². The summed E-state index contributed by atoms with van der Waals surface area (Å²) in [5.41, 5.74) is 0. The predicted octanol–water partition coefficient (Wildman–Crippen LogP) is 1.84. The molecule has 0 radical (unpaired) electrons. The van der Waals surface area contributed by atoms with Crippen LogP contribution in [0.3, 0.4) is 0 Å². The van der Waals surface area contributed by atoms with Gasteiger partial charge in [-0.1, -0.05) is 12.1 Å². The second-order valence-electron chi connectivity index (χ2n) is 5.50. The Balaban J connectivity index is 1.47. The zero-order valence-electron chi connectivity index (χ0n) is 11.8. The van der Waals surface area contributed by atoms with Crippen LogP contribution in [-0.4, -0.2) is 68.4 Å². The van der Waals surface area contributed by atoms with Crippen LogP contribution in [0.5, 0.6) is 5.75 Å². The molecule has 2 fully saturated rings. The van der Waals surface area contributed by atoms with Crippen LogP contribution in [0.4, 0.5) is 0 Å². The van der Waals surface area contributed by atoms with Crippen molar-refractivity contribution in [2.24, 2.45) is 0 Å². The van der Waals surface area contributed by atoms with Crippen LogP contribution in [0.15, 0.2) is 28.7 Å². The molecule has 1 aromatic carbocycles. The second-order valence-corrected chi connectivity index (χ2v) is 6.35. The molecular weight excluding hydrogens is 320 g/mol. The topological polar surface area (TPSA) is 24.9 Å². The first-order valence-corrected chi connectivity index (χ1v) is 7.95. The minimum absolute atomic E-state index is 0.372. The predicted molar refractivity (Wildman–Crippen MR) is 82.2 cm³/mol. The summed E-state index contributed by atoms with van der Waals surface area (Å²) in [6, 6.07) is 8.53. The van der Waals surface area contributed by atoms with Crippen molar-refractivity contribution in [1.82, 2.24) is 9.80 Å². The van der Waals surface area contributed by atoms with Gasteiger partial charge < -0.3 is 9.47 Å². The van der Waals surface area contributed by atoms with Gasteiger partial charge >= 0.3 is 0 Å². The highest BCUT2D eigenvalue weighted by Gasteiger charge is 2.38. The Labute approximate surface area is 128 Å². The van der Waals surface area contributed by atoms with Gasteiger partial charge in [0.25, 0.3) is 0 Å². The molecular formula is C15H21BrN2O2. The zero-order chi connectivity index (χ0) is 13.9. The number of fused-ring (bicyclic) bond motifs is 1. The maximum Gasteiger partial charge on any atom is 0.133 e. The van der Waals surface area contributed by atoms with E-state index in [0.717, 1.165) is 43.0 Å². The van der Waals surface area contributed by atoms with E-state index in [4.69, 9.17) is 9.47 Å². The molecule has 3 rings (SSSR count). The number of hydrogen-bond donors (Lipinski definition) is 0. The molecule has 4 nitrogen and oxygen atoms in total. The summed E-state index contributed by atoms with van der Waals surface area (Å²) in [6.07, 6.45) is 0.372. The Bertz CT molecular complexity index is 457. The molecule has 0 saturated carbocycles. The van der Waals surface area contributed by atoms with Gasteiger partial charge in [-0.3, -0.25) is 9.80 Å². The first kappa shape index (κ1) is 14.3. The summed E-state index contributed by atoms with van der Waals surface area (Å²) in [4.78, 5) is 4.86. The van der Waals surface area contributed by atoms with Crippen molar-refractivity contribution >= 4 is 15.9 Å². The van der Waals surface area contributed by atoms with E-state index in [1.165, 1.54) is 0 Å². The quantitative estimate of drug-likeness (QED) is 0.835. The van der Waals surface area contributed by atoms with Gasteiger partial charge in [0.2, 0.25) is 0 Å². The van der Waals surface area contributed by atoms with Gasteiger partial charge in [-0.2, -0.15) is 0 Å².